The number of esters is 1. The van der Waals surface area contributed by atoms with Crippen LogP contribution in [0.15, 0.2) is 114 Å². The molecule has 0 spiro atoms. The summed E-state index contributed by atoms with van der Waals surface area (Å²) < 4.78 is 11.3. The van der Waals surface area contributed by atoms with Gasteiger partial charge in [0.25, 0.3) is 0 Å². The lowest BCUT2D eigenvalue weighted by molar-refractivity contribution is -0.146. The van der Waals surface area contributed by atoms with E-state index in [2.05, 4.69) is 114 Å². The first-order valence-corrected chi connectivity index (χ1v) is 15.0. The summed E-state index contributed by atoms with van der Waals surface area (Å²) in [6, 6.07) is 38.4. The van der Waals surface area contributed by atoms with Gasteiger partial charge in [-0.2, -0.15) is 0 Å². The summed E-state index contributed by atoms with van der Waals surface area (Å²) in [5, 5.41) is 4.39. The number of carbonyl (C=O) groups excluding carboxylic acids is 1. The van der Waals surface area contributed by atoms with Crippen LogP contribution in [0.25, 0.3) is 22.5 Å². The maximum Gasteiger partial charge on any atom is 0.316 e. The molecule has 1 heterocycles. The Balaban J connectivity index is 1.21. The van der Waals surface area contributed by atoms with Gasteiger partial charge in [0.1, 0.15) is 0 Å². The Morgan fingerprint density at radius 2 is 1.43 bits per heavy atom. The Morgan fingerprint density at radius 1 is 0.833 bits per heavy atom. The molecule has 4 aromatic carbocycles. The molecule has 212 valence electrons. The Kier molecular flexibility index (Phi) is 8.05. The van der Waals surface area contributed by atoms with Crippen molar-refractivity contribution in [3.63, 3.8) is 0 Å². The summed E-state index contributed by atoms with van der Waals surface area (Å²) >= 11 is 0. The molecule has 0 saturated heterocycles. The van der Waals surface area contributed by atoms with Crippen LogP contribution in [0.3, 0.4) is 0 Å². The molecule has 4 nitrogen and oxygen atoms in total. The van der Waals surface area contributed by atoms with Gasteiger partial charge in [0, 0.05) is 11.1 Å². The minimum Gasteiger partial charge on any atom is -0.465 e. The van der Waals surface area contributed by atoms with Crippen molar-refractivity contribution in [2.24, 2.45) is 0 Å². The van der Waals surface area contributed by atoms with E-state index in [-0.39, 0.29) is 5.97 Å². The molecule has 1 unspecified atom stereocenters. The zero-order valence-electron chi connectivity index (χ0n) is 24.4. The highest BCUT2D eigenvalue weighted by Gasteiger charge is 2.52. The van der Waals surface area contributed by atoms with Crippen LogP contribution in [-0.2, 0) is 27.8 Å². The van der Waals surface area contributed by atoms with Crippen molar-refractivity contribution in [3.05, 3.63) is 137 Å². The van der Waals surface area contributed by atoms with Gasteiger partial charge in [-0.3, -0.25) is 4.79 Å². The number of aryl methyl sites for hydroxylation is 2. The first-order valence-electron chi connectivity index (χ1n) is 15.0. The van der Waals surface area contributed by atoms with Crippen molar-refractivity contribution >= 4 is 5.97 Å². The maximum absolute atomic E-state index is 12.5. The van der Waals surface area contributed by atoms with E-state index >= 15 is 0 Å². The maximum atomic E-state index is 12.5. The number of benzene rings is 4. The van der Waals surface area contributed by atoms with Gasteiger partial charge in [-0.1, -0.05) is 114 Å². The third kappa shape index (κ3) is 5.80. The van der Waals surface area contributed by atoms with Gasteiger partial charge in [-0.25, -0.2) is 0 Å². The van der Waals surface area contributed by atoms with E-state index in [1.165, 1.54) is 16.7 Å². The Hall–Kier alpha value is -4.44. The standard InChI is InChI=1S/C38H37NO3/c1-3-41-37(40)38(24-25-38)34-22-20-31(21-23-34)30-16-18-32(19-17-30)36-35(27(2)39-42-36)26-33(29-12-8-5-9-13-29)15-14-28-10-6-4-7-11-28/h4-13,16-23,33H,3,14-15,24-26H2,1-2H3. The highest BCUT2D eigenvalue weighted by atomic mass is 16.5. The minimum absolute atomic E-state index is 0.102. The highest BCUT2D eigenvalue weighted by molar-refractivity contribution is 5.87. The molecule has 1 saturated carbocycles. The molecular weight excluding hydrogens is 518 g/mol. The zero-order valence-corrected chi connectivity index (χ0v) is 24.4. The molecule has 0 N–H and O–H groups in total. The van der Waals surface area contributed by atoms with Gasteiger partial charge in [-0.15, -0.1) is 0 Å². The lowest BCUT2D eigenvalue weighted by Gasteiger charge is -2.18. The van der Waals surface area contributed by atoms with E-state index in [0.29, 0.717) is 12.5 Å². The van der Waals surface area contributed by atoms with Crippen molar-refractivity contribution in [1.29, 1.82) is 0 Å². The number of hydrogen-bond acceptors (Lipinski definition) is 4. The van der Waals surface area contributed by atoms with Crippen molar-refractivity contribution < 1.29 is 14.1 Å². The predicted molar refractivity (Wildman–Crippen MR) is 167 cm³/mol. The van der Waals surface area contributed by atoms with Crippen molar-refractivity contribution in [2.45, 2.75) is 57.3 Å². The first kappa shape index (κ1) is 27.7. The van der Waals surface area contributed by atoms with Crippen LogP contribution in [0.2, 0.25) is 0 Å². The quantitative estimate of drug-likeness (QED) is 0.153. The lowest BCUT2D eigenvalue weighted by atomic mass is 9.86. The molecule has 4 heteroatoms. The van der Waals surface area contributed by atoms with Gasteiger partial charge in [0.2, 0.25) is 0 Å². The zero-order chi connectivity index (χ0) is 28.9. The summed E-state index contributed by atoms with van der Waals surface area (Å²) in [5.41, 5.74) is 8.68. The van der Waals surface area contributed by atoms with Gasteiger partial charge >= 0.3 is 5.97 Å². The Morgan fingerprint density at radius 3 is 2.05 bits per heavy atom. The third-order valence-corrected chi connectivity index (χ3v) is 8.66. The van der Waals surface area contributed by atoms with Crippen LogP contribution in [-0.4, -0.2) is 17.7 Å². The van der Waals surface area contributed by atoms with Crippen LogP contribution < -0.4 is 0 Å². The number of hydrogen-bond donors (Lipinski definition) is 0. The summed E-state index contributed by atoms with van der Waals surface area (Å²) in [6.45, 7) is 4.32. The second-order valence-electron chi connectivity index (χ2n) is 11.4. The minimum atomic E-state index is -0.447. The topological polar surface area (TPSA) is 52.3 Å². The monoisotopic (exact) mass is 555 g/mol. The van der Waals surface area contributed by atoms with E-state index in [9.17, 15) is 4.79 Å². The molecule has 0 amide bonds. The van der Waals surface area contributed by atoms with E-state index in [4.69, 9.17) is 9.26 Å². The molecule has 1 aromatic heterocycles. The number of carbonyl (C=O) groups is 1. The van der Waals surface area contributed by atoms with Crippen LogP contribution >= 0.6 is 0 Å². The lowest BCUT2D eigenvalue weighted by Crippen LogP contribution is -2.23. The molecule has 0 bridgehead atoms. The second-order valence-corrected chi connectivity index (χ2v) is 11.4. The van der Waals surface area contributed by atoms with Crippen LogP contribution in [0.1, 0.15) is 60.1 Å². The number of nitrogens with zero attached hydrogens (tertiary/aromatic N) is 1. The summed E-state index contributed by atoms with van der Waals surface area (Å²) in [7, 11) is 0. The fourth-order valence-electron chi connectivity index (χ4n) is 6.00. The molecule has 42 heavy (non-hydrogen) atoms. The molecule has 1 aliphatic carbocycles. The largest absolute Gasteiger partial charge is 0.465 e. The molecular formula is C38H37NO3. The van der Waals surface area contributed by atoms with E-state index in [1.807, 2.05) is 13.8 Å². The molecule has 0 aliphatic heterocycles. The molecule has 1 atom stereocenters. The smallest absolute Gasteiger partial charge is 0.316 e. The van der Waals surface area contributed by atoms with Crippen molar-refractivity contribution in [2.75, 3.05) is 6.61 Å². The van der Waals surface area contributed by atoms with Gasteiger partial charge in [0.05, 0.1) is 17.7 Å². The first-order chi connectivity index (χ1) is 20.6. The van der Waals surface area contributed by atoms with E-state index in [1.54, 1.807) is 0 Å². The normalized spacial score (nSPS) is 14.3. The van der Waals surface area contributed by atoms with Crippen LogP contribution in [0, 0.1) is 6.92 Å². The van der Waals surface area contributed by atoms with E-state index in [0.717, 1.165) is 65.8 Å². The molecule has 1 fully saturated rings. The van der Waals surface area contributed by atoms with Crippen LogP contribution in [0.5, 0.6) is 0 Å². The second kappa shape index (κ2) is 12.2. The Bertz CT molecular complexity index is 1620. The number of aromatic nitrogens is 1. The van der Waals surface area contributed by atoms with Crippen molar-refractivity contribution in [1.82, 2.24) is 5.16 Å². The van der Waals surface area contributed by atoms with Crippen molar-refractivity contribution in [3.8, 4) is 22.5 Å². The Labute approximate surface area is 248 Å². The number of ether oxygens (including phenoxy) is 1. The molecule has 1 aliphatic rings. The molecule has 0 radical (unpaired) electrons. The average molecular weight is 556 g/mol. The SMILES string of the molecule is CCOC(=O)C1(c2ccc(-c3ccc(-c4onc(C)c4CC(CCc4ccccc4)c4ccccc4)cc3)cc2)CC1. The molecule has 5 aromatic rings. The summed E-state index contributed by atoms with van der Waals surface area (Å²) in [4.78, 5) is 12.5. The van der Waals surface area contributed by atoms with Gasteiger partial charge in [-0.05, 0) is 79.7 Å². The van der Waals surface area contributed by atoms with Gasteiger partial charge < -0.3 is 9.26 Å². The van der Waals surface area contributed by atoms with Crippen LogP contribution in [0.4, 0.5) is 0 Å². The fourth-order valence-corrected chi connectivity index (χ4v) is 6.00. The number of rotatable bonds is 11. The summed E-state index contributed by atoms with van der Waals surface area (Å²) in [6.07, 6.45) is 4.65. The fraction of sp³-hybridized carbons (Fsp3) is 0.263. The molecule has 6 rings (SSSR count). The predicted octanol–water partition coefficient (Wildman–Crippen LogP) is 8.87. The van der Waals surface area contributed by atoms with E-state index < -0.39 is 5.41 Å². The third-order valence-electron chi connectivity index (χ3n) is 8.66. The average Bonchev–Trinajstić information content (AvgIpc) is 3.78. The van der Waals surface area contributed by atoms with Gasteiger partial charge in [0.15, 0.2) is 5.76 Å². The summed E-state index contributed by atoms with van der Waals surface area (Å²) in [5.74, 6) is 1.10. The highest BCUT2D eigenvalue weighted by Crippen LogP contribution is 2.49.